The molecule has 1 aromatic heterocycles. The summed E-state index contributed by atoms with van der Waals surface area (Å²) in [6.07, 6.45) is 3.64. The van der Waals surface area contributed by atoms with Crippen LogP contribution in [-0.4, -0.2) is 36.9 Å². The summed E-state index contributed by atoms with van der Waals surface area (Å²) in [4.78, 5) is 17.5. The summed E-state index contributed by atoms with van der Waals surface area (Å²) < 4.78 is 23.9. The molecule has 3 aromatic rings. The van der Waals surface area contributed by atoms with Crippen molar-refractivity contribution >= 4 is 34.8 Å². The second kappa shape index (κ2) is 12.5. The van der Waals surface area contributed by atoms with Crippen molar-refractivity contribution in [2.24, 2.45) is 0 Å². The SMILES string of the molecule is COc1cccc(Cl)c1C(=O)CC[C@@H](CCCNC(=N)CF)c1ncc(-c2ccc(Cl)cc2)o1. The van der Waals surface area contributed by atoms with Crippen LogP contribution in [0.4, 0.5) is 4.39 Å². The summed E-state index contributed by atoms with van der Waals surface area (Å²) >= 11 is 12.2. The second-order valence-corrected chi connectivity index (χ2v) is 8.57. The van der Waals surface area contributed by atoms with Gasteiger partial charge >= 0.3 is 0 Å². The van der Waals surface area contributed by atoms with Gasteiger partial charge in [0.2, 0.25) is 0 Å². The first-order chi connectivity index (χ1) is 16.4. The monoisotopic (exact) mass is 505 g/mol. The third-order valence-corrected chi connectivity index (χ3v) is 5.96. The predicted octanol–water partition coefficient (Wildman–Crippen LogP) is 6.72. The molecular weight excluding hydrogens is 480 g/mol. The molecule has 0 aliphatic carbocycles. The number of benzene rings is 2. The summed E-state index contributed by atoms with van der Waals surface area (Å²) in [5.74, 6) is 1.12. The van der Waals surface area contributed by atoms with Crippen LogP contribution in [0.25, 0.3) is 11.3 Å². The molecule has 34 heavy (non-hydrogen) atoms. The highest BCUT2D eigenvalue weighted by molar-refractivity contribution is 6.34. The predicted molar refractivity (Wildman–Crippen MR) is 132 cm³/mol. The number of carbonyl (C=O) groups excluding carboxylic acids is 1. The van der Waals surface area contributed by atoms with E-state index >= 15 is 0 Å². The van der Waals surface area contributed by atoms with E-state index in [4.69, 9.17) is 37.8 Å². The fraction of sp³-hybridized carbons (Fsp3) is 0.320. The number of carbonyl (C=O) groups is 1. The van der Waals surface area contributed by atoms with E-state index in [1.54, 1.807) is 36.5 Å². The minimum Gasteiger partial charge on any atom is -0.496 e. The number of oxazole rings is 1. The quantitative estimate of drug-likeness (QED) is 0.123. The van der Waals surface area contributed by atoms with E-state index < -0.39 is 6.67 Å². The zero-order chi connectivity index (χ0) is 24.5. The number of nitrogens with one attached hydrogen (secondary N) is 2. The number of methoxy groups -OCH3 is 1. The number of halogens is 3. The van der Waals surface area contributed by atoms with E-state index in [-0.39, 0.29) is 24.0 Å². The molecule has 3 rings (SSSR count). The first kappa shape index (κ1) is 25.7. The molecule has 2 aromatic carbocycles. The van der Waals surface area contributed by atoms with Gasteiger partial charge in [0.15, 0.2) is 17.4 Å². The van der Waals surface area contributed by atoms with Crippen LogP contribution >= 0.6 is 23.2 Å². The molecule has 0 spiro atoms. The van der Waals surface area contributed by atoms with E-state index in [0.29, 0.717) is 58.8 Å². The normalized spacial score (nSPS) is 11.8. The summed E-state index contributed by atoms with van der Waals surface area (Å²) in [5, 5.41) is 11.1. The molecule has 1 atom stereocenters. The van der Waals surface area contributed by atoms with E-state index in [0.717, 1.165) is 5.56 Å². The number of alkyl halides is 1. The Morgan fingerprint density at radius 1 is 1.21 bits per heavy atom. The maximum absolute atomic E-state index is 13.0. The van der Waals surface area contributed by atoms with Crippen LogP contribution in [0.1, 0.15) is 47.8 Å². The molecule has 0 amide bonds. The average Bonchev–Trinajstić information content (AvgIpc) is 3.33. The fourth-order valence-electron chi connectivity index (χ4n) is 3.63. The van der Waals surface area contributed by atoms with Crippen LogP contribution in [0.2, 0.25) is 10.0 Å². The molecule has 0 bridgehead atoms. The van der Waals surface area contributed by atoms with Crippen LogP contribution in [0.5, 0.6) is 5.75 Å². The standard InChI is InChI=1S/C25H26Cl2FN3O3/c1-33-21-6-2-5-19(27)24(21)20(32)12-9-17(4-3-13-30-23(29)14-28)25-31-15-22(34-25)16-7-10-18(26)11-8-16/h2,5-8,10-11,15,17H,3-4,9,12-14H2,1H3,(H2,29,30)/t17-/m1/s1. The molecule has 0 radical (unpaired) electrons. The number of Topliss-reactive ketones (excluding diaryl/α,β-unsaturated/α-hetero) is 1. The lowest BCUT2D eigenvalue weighted by atomic mass is 9.94. The van der Waals surface area contributed by atoms with Crippen LogP contribution in [0.15, 0.2) is 53.1 Å². The Hall–Kier alpha value is -2.90. The third kappa shape index (κ3) is 6.81. The highest BCUT2D eigenvalue weighted by Crippen LogP contribution is 2.33. The minimum atomic E-state index is -0.832. The number of ether oxygens (including phenoxy) is 1. The zero-order valence-corrected chi connectivity index (χ0v) is 20.3. The number of hydrogen-bond donors (Lipinski definition) is 2. The van der Waals surface area contributed by atoms with Crippen molar-refractivity contribution in [2.45, 2.75) is 31.6 Å². The molecular formula is C25H26Cl2FN3O3. The van der Waals surface area contributed by atoms with Crippen LogP contribution in [0, 0.1) is 5.41 Å². The first-order valence-corrected chi connectivity index (χ1v) is 11.6. The van der Waals surface area contributed by atoms with Gasteiger partial charge in [0, 0.05) is 29.5 Å². The highest BCUT2D eigenvalue weighted by Gasteiger charge is 2.22. The molecule has 1 heterocycles. The number of aromatic nitrogens is 1. The molecule has 2 N–H and O–H groups in total. The Bertz CT molecular complexity index is 1120. The van der Waals surface area contributed by atoms with Gasteiger partial charge in [-0.15, -0.1) is 0 Å². The van der Waals surface area contributed by atoms with Crippen molar-refractivity contribution in [3.63, 3.8) is 0 Å². The van der Waals surface area contributed by atoms with E-state index in [2.05, 4.69) is 10.3 Å². The van der Waals surface area contributed by atoms with E-state index in [9.17, 15) is 9.18 Å². The molecule has 6 nitrogen and oxygen atoms in total. The van der Waals surface area contributed by atoms with Gasteiger partial charge in [0.1, 0.15) is 18.3 Å². The summed E-state index contributed by atoms with van der Waals surface area (Å²) in [7, 11) is 1.50. The number of ketones is 1. The second-order valence-electron chi connectivity index (χ2n) is 7.73. The van der Waals surface area contributed by atoms with Gasteiger partial charge in [-0.1, -0.05) is 29.3 Å². The molecule has 180 valence electrons. The van der Waals surface area contributed by atoms with Crippen molar-refractivity contribution in [3.05, 3.63) is 70.2 Å². The Kier molecular flexibility index (Phi) is 9.48. The summed E-state index contributed by atoms with van der Waals surface area (Å²) in [5.41, 5.74) is 1.20. The zero-order valence-electron chi connectivity index (χ0n) is 18.7. The molecule has 0 saturated carbocycles. The van der Waals surface area contributed by atoms with Gasteiger partial charge < -0.3 is 14.5 Å². The molecule has 0 fully saturated rings. The Balaban J connectivity index is 1.74. The van der Waals surface area contributed by atoms with E-state index in [1.807, 2.05) is 12.1 Å². The summed E-state index contributed by atoms with van der Waals surface area (Å²) in [6, 6.07) is 12.3. The van der Waals surface area contributed by atoms with Crippen LogP contribution in [-0.2, 0) is 0 Å². The number of rotatable bonds is 12. The van der Waals surface area contributed by atoms with Crippen LogP contribution in [0.3, 0.4) is 0 Å². The van der Waals surface area contributed by atoms with Crippen molar-refractivity contribution < 1.29 is 18.3 Å². The Morgan fingerprint density at radius 2 is 1.97 bits per heavy atom. The topological polar surface area (TPSA) is 88.2 Å². The van der Waals surface area contributed by atoms with Crippen molar-refractivity contribution in [2.75, 3.05) is 20.3 Å². The lowest BCUT2D eigenvalue weighted by Crippen LogP contribution is -2.25. The molecule has 9 heteroatoms. The highest BCUT2D eigenvalue weighted by atomic mass is 35.5. The van der Waals surface area contributed by atoms with Gasteiger partial charge in [0.25, 0.3) is 0 Å². The fourth-order valence-corrected chi connectivity index (χ4v) is 4.02. The van der Waals surface area contributed by atoms with Gasteiger partial charge in [-0.2, -0.15) is 0 Å². The van der Waals surface area contributed by atoms with Gasteiger partial charge in [0.05, 0.1) is 23.9 Å². The largest absolute Gasteiger partial charge is 0.496 e. The average molecular weight is 506 g/mol. The molecule has 0 saturated heterocycles. The van der Waals surface area contributed by atoms with Crippen molar-refractivity contribution in [1.82, 2.24) is 10.3 Å². The van der Waals surface area contributed by atoms with Crippen molar-refractivity contribution in [1.29, 1.82) is 5.41 Å². The number of amidine groups is 1. The van der Waals surface area contributed by atoms with Gasteiger partial charge in [-0.25, -0.2) is 9.37 Å². The smallest absolute Gasteiger partial charge is 0.198 e. The minimum absolute atomic E-state index is 0.130. The lowest BCUT2D eigenvalue weighted by molar-refractivity contribution is 0.0973. The Labute approximate surface area is 207 Å². The van der Waals surface area contributed by atoms with Gasteiger partial charge in [-0.3, -0.25) is 10.2 Å². The lowest BCUT2D eigenvalue weighted by Gasteiger charge is -2.15. The van der Waals surface area contributed by atoms with Crippen molar-refractivity contribution in [3.8, 4) is 17.1 Å². The van der Waals surface area contributed by atoms with Gasteiger partial charge in [-0.05, 0) is 55.7 Å². The number of hydrogen-bond acceptors (Lipinski definition) is 5. The maximum atomic E-state index is 13.0. The molecule has 0 aliphatic heterocycles. The summed E-state index contributed by atoms with van der Waals surface area (Å²) in [6.45, 7) is -0.391. The first-order valence-electron chi connectivity index (χ1n) is 10.9. The molecule has 0 unspecified atom stereocenters. The Morgan fingerprint density at radius 3 is 2.68 bits per heavy atom. The number of nitrogens with zero attached hydrogens (tertiary/aromatic N) is 1. The third-order valence-electron chi connectivity index (χ3n) is 5.40. The van der Waals surface area contributed by atoms with Crippen LogP contribution < -0.4 is 10.1 Å². The maximum Gasteiger partial charge on any atom is 0.198 e. The van der Waals surface area contributed by atoms with E-state index in [1.165, 1.54) is 7.11 Å². The molecule has 0 aliphatic rings.